The van der Waals surface area contributed by atoms with Crippen LogP contribution < -0.4 is 5.32 Å². The molecule has 0 unspecified atom stereocenters. The predicted molar refractivity (Wildman–Crippen MR) is 120 cm³/mol. The molecule has 7 heteroatoms. The number of ether oxygens (including phenoxy) is 1. The molecule has 7 nitrogen and oxygen atoms in total. The smallest absolute Gasteiger partial charge is 0.240 e. The first-order valence-electron chi connectivity index (χ1n) is 11.7. The minimum Gasteiger partial charge on any atom is -0.392 e. The third-order valence-electron chi connectivity index (χ3n) is 7.18. The second kappa shape index (κ2) is 8.90. The van der Waals surface area contributed by atoms with Crippen molar-refractivity contribution < 1.29 is 14.6 Å². The topological polar surface area (TPSA) is 70.0 Å². The number of aliphatic hydroxyl groups is 1. The first kappa shape index (κ1) is 20.9. The van der Waals surface area contributed by atoms with Gasteiger partial charge in [0.1, 0.15) is 6.54 Å². The Morgan fingerprint density at radius 2 is 2.13 bits per heavy atom. The highest BCUT2D eigenvalue weighted by molar-refractivity contribution is 5.86. The van der Waals surface area contributed by atoms with Gasteiger partial charge < -0.3 is 19.7 Å². The summed E-state index contributed by atoms with van der Waals surface area (Å²) in [7, 11) is 0. The van der Waals surface area contributed by atoms with E-state index in [4.69, 9.17) is 4.74 Å². The molecule has 4 atom stereocenters. The largest absolute Gasteiger partial charge is 0.392 e. The van der Waals surface area contributed by atoms with Crippen LogP contribution in [0, 0.1) is 0 Å². The number of hydrogen-bond acceptors (Lipinski definition) is 5. The van der Waals surface area contributed by atoms with Crippen LogP contribution in [-0.4, -0.2) is 82.5 Å². The van der Waals surface area contributed by atoms with Crippen LogP contribution in [0.3, 0.4) is 0 Å². The summed E-state index contributed by atoms with van der Waals surface area (Å²) >= 11 is 0. The Labute approximate surface area is 183 Å². The fraction of sp³-hybridized carbons (Fsp3) is 0.625. The normalized spacial score (nSPS) is 29.5. The molecule has 5 rings (SSSR count). The Bertz CT molecular complexity index is 923. The number of nitrogens with one attached hydrogen (secondary N) is 1. The average Bonchev–Trinajstić information content (AvgIpc) is 3.47. The highest BCUT2D eigenvalue weighted by Crippen LogP contribution is 2.28. The quantitative estimate of drug-likeness (QED) is 0.734. The third-order valence-corrected chi connectivity index (χ3v) is 7.18. The van der Waals surface area contributed by atoms with Crippen molar-refractivity contribution in [2.75, 3.05) is 32.8 Å². The Morgan fingerprint density at radius 3 is 2.97 bits per heavy atom. The molecule has 0 spiro atoms. The molecule has 1 aromatic carbocycles. The van der Waals surface area contributed by atoms with E-state index in [-0.39, 0.29) is 18.1 Å². The summed E-state index contributed by atoms with van der Waals surface area (Å²) in [4.78, 5) is 17.6. The summed E-state index contributed by atoms with van der Waals surface area (Å²) in [5, 5.41) is 14.3. The number of rotatable bonds is 6. The number of amides is 1. The van der Waals surface area contributed by atoms with E-state index in [0.29, 0.717) is 25.2 Å². The number of nitrogens with zero attached hydrogens (tertiary/aromatic N) is 3. The summed E-state index contributed by atoms with van der Waals surface area (Å²) in [5.74, 6) is 0.0322. The number of fused-ring (bicyclic) bond motifs is 2. The zero-order chi connectivity index (χ0) is 21.4. The predicted octanol–water partition coefficient (Wildman–Crippen LogP) is 1.58. The number of piperazine rings is 1. The van der Waals surface area contributed by atoms with Gasteiger partial charge in [-0.3, -0.25) is 14.6 Å². The molecule has 2 N–H and O–H groups in total. The van der Waals surface area contributed by atoms with Crippen LogP contribution in [0.1, 0.15) is 31.7 Å². The number of benzene rings is 1. The van der Waals surface area contributed by atoms with Crippen LogP contribution in [-0.2, 0) is 22.6 Å². The Hall–Kier alpha value is -1.93. The molecule has 1 amide bonds. The first-order valence-corrected chi connectivity index (χ1v) is 11.7. The summed E-state index contributed by atoms with van der Waals surface area (Å²) in [6, 6.07) is 9.25. The molecule has 4 heterocycles. The van der Waals surface area contributed by atoms with E-state index < -0.39 is 0 Å². The lowest BCUT2D eigenvalue weighted by atomic mass is 10.1. The van der Waals surface area contributed by atoms with Crippen molar-refractivity contribution in [2.24, 2.45) is 0 Å². The van der Waals surface area contributed by atoms with Gasteiger partial charge in [0.05, 0.1) is 12.2 Å². The van der Waals surface area contributed by atoms with Crippen LogP contribution in [0.5, 0.6) is 0 Å². The van der Waals surface area contributed by atoms with Crippen LogP contribution >= 0.6 is 0 Å². The lowest BCUT2D eigenvalue weighted by Gasteiger charge is -2.42. The molecule has 0 aliphatic carbocycles. The van der Waals surface area contributed by atoms with Crippen molar-refractivity contribution >= 4 is 16.8 Å². The highest BCUT2D eigenvalue weighted by Gasteiger charge is 2.38. The molecule has 3 aliphatic rings. The molecule has 168 valence electrons. The first-order chi connectivity index (χ1) is 15.1. The van der Waals surface area contributed by atoms with E-state index >= 15 is 0 Å². The fourth-order valence-corrected chi connectivity index (χ4v) is 5.54. The lowest BCUT2D eigenvalue weighted by Crippen LogP contribution is -2.54. The van der Waals surface area contributed by atoms with Crippen molar-refractivity contribution in [1.29, 1.82) is 0 Å². The zero-order valence-corrected chi connectivity index (χ0v) is 18.4. The van der Waals surface area contributed by atoms with Crippen molar-refractivity contribution in [1.82, 2.24) is 19.7 Å². The van der Waals surface area contributed by atoms with E-state index in [2.05, 4.69) is 51.0 Å². The minimum absolute atomic E-state index is 0.0322. The van der Waals surface area contributed by atoms with Gasteiger partial charge in [-0.1, -0.05) is 18.2 Å². The summed E-state index contributed by atoms with van der Waals surface area (Å²) in [5.41, 5.74) is 2.37. The maximum atomic E-state index is 12.6. The summed E-state index contributed by atoms with van der Waals surface area (Å²) in [6.45, 7) is 7.67. The maximum Gasteiger partial charge on any atom is 0.240 e. The van der Waals surface area contributed by atoms with Crippen LogP contribution in [0.15, 0.2) is 30.5 Å². The van der Waals surface area contributed by atoms with Gasteiger partial charge in [0.25, 0.3) is 0 Å². The van der Waals surface area contributed by atoms with Gasteiger partial charge in [0.15, 0.2) is 0 Å². The fourth-order valence-electron chi connectivity index (χ4n) is 5.54. The standard InChI is InChI=1S/C24H34N4O3/c1-17-11-27-15-20(29)9-19(27)14-26(17)12-18-13-28(23-7-3-2-6-22(18)23)16-24(30)25-10-21-5-4-8-31-21/h2-3,6-7,13,17,19-21,29H,4-5,8-12,14-16H2,1H3,(H,25,30)/t17-,19+,20+,21+/m0/s1. The SMILES string of the molecule is C[C@H]1CN2C[C@H](O)C[C@@H]2CN1Cc1cn(CC(=O)NC[C@H]2CCCO2)c2ccccc12. The summed E-state index contributed by atoms with van der Waals surface area (Å²) in [6.07, 6.45) is 5.11. The third kappa shape index (κ3) is 4.51. The van der Waals surface area contributed by atoms with Gasteiger partial charge in [0, 0.05) is 68.5 Å². The van der Waals surface area contributed by atoms with Crippen molar-refractivity contribution in [3.05, 3.63) is 36.0 Å². The number of carbonyl (C=O) groups is 1. The van der Waals surface area contributed by atoms with E-state index in [9.17, 15) is 9.90 Å². The molecule has 31 heavy (non-hydrogen) atoms. The highest BCUT2D eigenvalue weighted by atomic mass is 16.5. The minimum atomic E-state index is -0.188. The molecule has 3 fully saturated rings. The molecular weight excluding hydrogens is 392 g/mol. The van der Waals surface area contributed by atoms with Gasteiger partial charge >= 0.3 is 0 Å². The number of para-hydroxylation sites is 1. The molecule has 0 bridgehead atoms. The molecule has 3 aliphatic heterocycles. The van der Waals surface area contributed by atoms with Crippen molar-refractivity contribution in [2.45, 2.75) is 63.6 Å². The van der Waals surface area contributed by atoms with Crippen molar-refractivity contribution in [3.63, 3.8) is 0 Å². The molecular formula is C24H34N4O3. The Morgan fingerprint density at radius 1 is 1.26 bits per heavy atom. The van der Waals surface area contributed by atoms with Gasteiger partial charge in [-0.2, -0.15) is 0 Å². The second-order valence-corrected chi connectivity index (χ2v) is 9.51. The van der Waals surface area contributed by atoms with Gasteiger partial charge in [0.2, 0.25) is 5.91 Å². The van der Waals surface area contributed by atoms with Crippen LogP contribution in [0.2, 0.25) is 0 Å². The molecule has 0 radical (unpaired) electrons. The second-order valence-electron chi connectivity index (χ2n) is 9.51. The number of aromatic nitrogens is 1. The number of hydrogen-bond donors (Lipinski definition) is 2. The number of aliphatic hydroxyl groups excluding tert-OH is 1. The summed E-state index contributed by atoms with van der Waals surface area (Å²) < 4.78 is 7.69. The lowest BCUT2D eigenvalue weighted by molar-refractivity contribution is -0.122. The van der Waals surface area contributed by atoms with E-state index in [1.807, 2.05) is 6.07 Å². The molecule has 2 aromatic rings. The monoisotopic (exact) mass is 426 g/mol. The molecule has 1 aromatic heterocycles. The van der Waals surface area contributed by atoms with Gasteiger partial charge in [-0.25, -0.2) is 0 Å². The van der Waals surface area contributed by atoms with Gasteiger partial charge in [-0.15, -0.1) is 0 Å². The Kier molecular flexibility index (Phi) is 6.01. The van der Waals surface area contributed by atoms with Crippen LogP contribution in [0.25, 0.3) is 10.9 Å². The Balaban J connectivity index is 1.28. The van der Waals surface area contributed by atoms with Crippen molar-refractivity contribution in [3.8, 4) is 0 Å². The van der Waals surface area contributed by atoms with E-state index in [1.54, 1.807) is 0 Å². The average molecular weight is 427 g/mol. The maximum absolute atomic E-state index is 12.6. The number of carbonyl (C=O) groups excluding carboxylic acids is 1. The van der Waals surface area contributed by atoms with E-state index in [1.165, 1.54) is 10.9 Å². The molecule has 3 saturated heterocycles. The van der Waals surface area contributed by atoms with Gasteiger partial charge in [-0.05, 0) is 37.8 Å². The van der Waals surface area contributed by atoms with E-state index in [0.717, 1.165) is 57.6 Å². The van der Waals surface area contributed by atoms with Crippen LogP contribution in [0.4, 0.5) is 0 Å². The zero-order valence-electron chi connectivity index (χ0n) is 18.4. The molecule has 0 saturated carbocycles.